The molecule has 1 heterocycles. The normalized spacial score (nSPS) is 10.3. The van der Waals surface area contributed by atoms with Crippen LogP contribution in [0.25, 0.3) is 11.1 Å². The molecule has 15 heavy (non-hydrogen) atoms. The van der Waals surface area contributed by atoms with E-state index in [9.17, 15) is 4.39 Å². The lowest BCUT2D eigenvalue weighted by Crippen LogP contribution is -1.94. The van der Waals surface area contributed by atoms with Gasteiger partial charge in [0.25, 0.3) is 0 Å². The van der Waals surface area contributed by atoms with Crippen molar-refractivity contribution in [3.8, 4) is 11.1 Å². The summed E-state index contributed by atoms with van der Waals surface area (Å²) in [6.45, 7) is 0. The fourth-order valence-corrected chi connectivity index (χ4v) is 1.65. The van der Waals surface area contributed by atoms with Gasteiger partial charge in [0, 0.05) is 23.0 Å². The van der Waals surface area contributed by atoms with Crippen molar-refractivity contribution in [2.24, 2.45) is 0 Å². The van der Waals surface area contributed by atoms with E-state index in [1.165, 1.54) is 12.3 Å². The number of aromatic nitrogens is 1. The smallest absolute Gasteiger partial charge is 0.138 e. The maximum Gasteiger partial charge on any atom is 0.138 e. The lowest BCUT2D eigenvalue weighted by molar-refractivity contribution is 0.631. The molecule has 0 radical (unpaired) electrons. The molecular formula is C11H8ClFN2. The van der Waals surface area contributed by atoms with E-state index in [4.69, 9.17) is 17.3 Å². The van der Waals surface area contributed by atoms with E-state index in [1.54, 1.807) is 24.3 Å². The molecule has 0 saturated carbocycles. The molecule has 0 amide bonds. The molecule has 0 fully saturated rings. The summed E-state index contributed by atoms with van der Waals surface area (Å²) in [7, 11) is 0. The van der Waals surface area contributed by atoms with Crippen LogP contribution in [0.15, 0.2) is 36.5 Å². The number of nitrogen functional groups attached to an aromatic ring is 1. The van der Waals surface area contributed by atoms with Gasteiger partial charge in [0.2, 0.25) is 0 Å². The minimum atomic E-state index is -0.362. The van der Waals surface area contributed by atoms with E-state index >= 15 is 0 Å². The number of halogens is 2. The van der Waals surface area contributed by atoms with E-state index in [2.05, 4.69) is 4.98 Å². The predicted octanol–water partition coefficient (Wildman–Crippen LogP) is 3.12. The van der Waals surface area contributed by atoms with E-state index < -0.39 is 0 Å². The van der Waals surface area contributed by atoms with Crippen molar-refractivity contribution >= 4 is 17.3 Å². The largest absolute Gasteiger partial charge is 0.398 e. The Balaban J connectivity index is 2.69. The molecule has 2 nitrogen and oxygen atoms in total. The molecule has 0 unspecified atom stereocenters. The summed E-state index contributed by atoms with van der Waals surface area (Å²) in [5.74, 6) is -0.362. The number of nitrogens with two attached hydrogens (primary N) is 1. The van der Waals surface area contributed by atoms with Gasteiger partial charge in [-0.25, -0.2) is 9.37 Å². The average molecular weight is 223 g/mol. The minimum Gasteiger partial charge on any atom is -0.398 e. The first-order chi connectivity index (χ1) is 7.20. The van der Waals surface area contributed by atoms with Crippen LogP contribution in [-0.4, -0.2) is 4.98 Å². The molecule has 2 aromatic rings. The zero-order valence-corrected chi connectivity index (χ0v) is 8.50. The highest BCUT2D eigenvalue weighted by Gasteiger charge is 2.11. The number of anilines is 1. The van der Waals surface area contributed by atoms with Crippen molar-refractivity contribution in [1.82, 2.24) is 4.98 Å². The van der Waals surface area contributed by atoms with E-state index in [0.29, 0.717) is 16.8 Å². The zero-order chi connectivity index (χ0) is 10.8. The molecule has 2 rings (SSSR count). The van der Waals surface area contributed by atoms with Crippen LogP contribution in [0.4, 0.5) is 10.1 Å². The van der Waals surface area contributed by atoms with Crippen molar-refractivity contribution in [1.29, 1.82) is 0 Å². The number of rotatable bonds is 1. The predicted molar refractivity (Wildman–Crippen MR) is 59.1 cm³/mol. The Labute approximate surface area is 91.5 Å². The van der Waals surface area contributed by atoms with Gasteiger partial charge in [-0.1, -0.05) is 29.8 Å². The van der Waals surface area contributed by atoms with Gasteiger partial charge in [0.05, 0.1) is 0 Å². The molecule has 76 valence electrons. The summed E-state index contributed by atoms with van der Waals surface area (Å²) < 4.78 is 13.5. The van der Waals surface area contributed by atoms with Gasteiger partial charge in [0.1, 0.15) is 11.0 Å². The summed E-state index contributed by atoms with van der Waals surface area (Å²) in [5, 5.41) is 0.208. The Bertz CT molecular complexity index is 479. The van der Waals surface area contributed by atoms with E-state index in [0.717, 1.165) is 0 Å². The summed E-state index contributed by atoms with van der Waals surface area (Å²) in [6.07, 6.45) is 1.49. The molecule has 0 aliphatic carbocycles. The Morgan fingerprint density at radius 1 is 1.20 bits per heavy atom. The first kappa shape index (κ1) is 9.93. The monoisotopic (exact) mass is 222 g/mol. The van der Waals surface area contributed by atoms with Crippen LogP contribution < -0.4 is 5.73 Å². The molecule has 1 aromatic carbocycles. The second-order valence-electron chi connectivity index (χ2n) is 3.05. The van der Waals surface area contributed by atoms with Crippen LogP contribution in [0.3, 0.4) is 0 Å². The second kappa shape index (κ2) is 3.87. The third-order valence-electron chi connectivity index (χ3n) is 2.08. The molecule has 0 atom stereocenters. The lowest BCUT2D eigenvalue weighted by atomic mass is 10.1. The van der Waals surface area contributed by atoms with Gasteiger partial charge in [-0.2, -0.15) is 0 Å². The fourth-order valence-electron chi connectivity index (χ4n) is 1.38. The quantitative estimate of drug-likeness (QED) is 0.753. The van der Waals surface area contributed by atoms with E-state index in [-0.39, 0.29) is 11.0 Å². The van der Waals surface area contributed by atoms with Gasteiger partial charge in [-0.05, 0) is 12.1 Å². The molecule has 4 heteroatoms. The minimum absolute atomic E-state index is 0.208. The molecule has 2 N–H and O–H groups in total. The SMILES string of the molecule is Nc1ccnc(Cl)c1-c1ccccc1F. The van der Waals surface area contributed by atoms with Crippen molar-refractivity contribution < 1.29 is 4.39 Å². The second-order valence-corrected chi connectivity index (χ2v) is 3.40. The van der Waals surface area contributed by atoms with Gasteiger partial charge in [0.15, 0.2) is 0 Å². The number of benzene rings is 1. The van der Waals surface area contributed by atoms with Gasteiger partial charge < -0.3 is 5.73 Å². The first-order valence-corrected chi connectivity index (χ1v) is 4.73. The van der Waals surface area contributed by atoms with Crippen LogP contribution in [0.5, 0.6) is 0 Å². The molecule has 0 aliphatic rings. The Morgan fingerprint density at radius 3 is 2.60 bits per heavy atom. The number of nitrogens with zero attached hydrogens (tertiary/aromatic N) is 1. The molecule has 0 aliphatic heterocycles. The average Bonchev–Trinajstić information content (AvgIpc) is 2.20. The first-order valence-electron chi connectivity index (χ1n) is 4.35. The highest BCUT2D eigenvalue weighted by Crippen LogP contribution is 2.32. The third kappa shape index (κ3) is 1.78. The summed E-state index contributed by atoms with van der Waals surface area (Å²) >= 11 is 5.88. The van der Waals surface area contributed by atoms with Crippen molar-refractivity contribution in [2.75, 3.05) is 5.73 Å². The molecular weight excluding hydrogens is 215 g/mol. The van der Waals surface area contributed by atoms with Crippen LogP contribution in [0.2, 0.25) is 5.15 Å². The van der Waals surface area contributed by atoms with Crippen molar-refractivity contribution in [3.05, 3.63) is 47.5 Å². The van der Waals surface area contributed by atoms with Crippen LogP contribution in [-0.2, 0) is 0 Å². The van der Waals surface area contributed by atoms with Crippen LogP contribution in [0, 0.1) is 5.82 Å². The van der Waals surface area contributed by atoms with Gasteiger partial charge >= 0.3 is 0 Å². The summed E-state index contributed by atoms with van der Waals surface area (Å²) in [4.78, 5) is 3.88. The maximum absolute atomic E-state index is 13.5. The topological polar surface area (TPSA) is 38.9 Å². The molecule has 0 saturated heterocycles. The summed E-state index contributed by atoms with van der Waals surface area (Å²) in [6, 6.07) is 7.90. The van der Waals surface area contributed by atoms with Crippen molar-refractivity contribution in [3.63, 3.8) is 0 Å². The third-order valence-corrected chi connectivity index (χ3v) is 2.37. The highest BCUT2D eigenvalue weighted by molar-refractivity contribution is 6.32. The van der Waals surface area contributed by atoms with Gasteiger partial charge in [-0.15, -0.1) is 0 Å². The summed E-state index contributed by atoms with van der Waals surface area (Å²) in [5.41, 5.74) is 6.96. The molecule has 1 aromatic heterocycles. The standard InChI is InChI=1S/C11H8ClFN2/c12-11-10(9(14)5-6-15-11)7-3-1-2-4-8(7)13/h1-6H,(H2,14,15). The maximum atomic E-state index is 13.5. The fraction of sp³-hybridized carbons (Fsp3) is 0. The highest BCUT2D eigenvalue weighted by atomic mass is 35.5. The zero-order valence-electron chi connectivity index (χ0n) is 7.74. The Hall–Kier alpha value is -1.61. The Morgan fingerprint density at radius 2 is 1.93 bits per heavy atom. The number of hydrogen-bond donors (Lipinski definition) is 1. The van der Waals surface area contributed by atoms with Crippen LogP contribution >= 0.6 is 11.6 Å². The lowest BCUT2D eigenvalue weighted by Gasteiger charge is -2.07. The number of pyridine rings is 1. The Kier molecular flexibility index (Phi) is 2.56. The molecule has 0 spiro atoms. The molecule has 0 bridgehead atoms. The van der Waals surface area contributed by atoms with Crippen LogP contribution in [0.1, 0.15) is 0 Å². The number of hydrogen-bond acceptors (Lipinski definition) is 2. The van der Waals surface area contributed by atoms with Crippen molar-refractivity contribution in [2.45, 2.75) is 0 Å². The van der Waals surface area contributed by atoms with Gasteiger partial charge in [-0.3, -0.25) is 0 Å². The van der Waals surface area contributed by atoms with E-state index in [1.807, 2.05) is 0 Å².